The van der Waals surface area contributed by atoms with Gasteiger partial charge in [-0.2, -0.15) is 5.10 Å². The zero-order valence-corrected chi connectivity index (χ0v) is 12.0. The second-order valence-electron chi connectivity index (χ2n) is 5.35. The molecule has 0 atom stereocenters. The number of hydrogen-bond donors (Lipinski definition) is 1. The van der Waals surface area contributed by atoms with E-state index in [0.29, 0.717) is 29.7 Å². The van der Waals surface area contributed by atoms with Crippen molar-refractivity contribution in [1.82, 2.24) is 10.2 Å². The van der Waals surface area contributed by atoms with Crippen LogP contribution in [0.4, 0.5) is 5.82 Å². The molecule has 0 amide bonds. The van der Waals surface area contributed by atoms with Crippen molar-refractivity contribution in [2.75, 3.05) is 4.90 Å². The van der Waals surface area contributed by atoms with Crippen molar-refractivity contribution in [3.63, 3.8) is 0 Å². The Kier molecular flexibility index (Phi) is 3.37. The molecule has 0 spiro atoms. The fourth-order valence-corrected chi connectivity index (χ4v) is 2.39. The van der Waals surface area contributed by atoms with Crippen LogP contribution in [0.2, 0.25) is 0 Å². The van der Waals surface area contributed by atoms with E-state index in [1.807, 2.05) is 17.0 Å². The maximum Gasteiger partial charge on any atom is 0.339 e. The Bertz CT molecular complexity index is 663. The highest BCUT2D eigenvalue weighted by Crippen LogP contribution is 2.34. The van der Waals surface area contributed by atoms with E-state index in [1.54, 1.807) is 20.1 Å². The molecular formula is C15H17N3O3. The number of aromatic nitrogens is 2. The summed E-state index contributed by atoms with van der Waals surface area (Å²) in [5, 5.41) is 17.8. The van der Waals surface area contributed by atoms with Gasteiger partial charge in [0.25, 0.3) is 0 Å². The van der Waals surface area contributed by atoms with Crippen molar-refractivity contribution in [2.24, 2.45) is 0 Å². The fourth-order valence-electron chi connectivity index (χ4n) is 2.39. The normalized spacial score (nSPS) is 14.2. The lowest BCUT2D eigenvalue weighted by atomic mass is 10.1. The van der Waals surface area contributed by atoms with Crippen molar-refractivity contribution in [1.29, 1.82) is 0 Å². The summed E-state index contributed by atoms with van der Waals surface area (Å²) in [7, 11) is 0. The predicted octanol–water partition coefficient (Wildman–Crippen LogP) is 2.55. The van der Waals surface area contributed by atoms with Crippen LogP contribution in [0, 0.1) is 13.8 Å². The van der Waals surface area contributed by atoms with E-state index in [2.05, 4.69) is 10.2 Å². The summed E-state index contributed by atoms with van der Waals surface area (Å²) in [5.41, 5.74) is 1.54. The minimum atomic E-state index is -0.967. The van der Waals surface area contributed by atoms with Gasteiger partial charge in [0.1, 0.15) is 11.3 Å². The van der Waals surface area contributed by atoms with Crippen LogP contribution >= 0.6 is 0 Å². The van der Waals surface area contributed by atoms with Crippen molar-refractivity contribution < 1.29 is 14.3 Å². The lowest BCUT2D eigenvalue weighted by Gasteiger charge is -2.24. The molecule has 2 heterocycles. The molecule has 110 valence electrons. The second kappa shape index (κ2) is 5.20. The smallest absolute Gasteiger partial charge is 0.339 e. The first-order valence-electron chi connectivity index (χ1n) is 6.94. The Labute approximate surface area is 122 Å². The molecule has 1 aliphatic rings. The topological polar surface area (TPSA) is 79.5 Å². The van der Waals surface area contributed by atoms with Crippen LogP contribution in [0.1, 0.15) is 40.2 Å². The first-order valence-corrected chi connectivity index (χ1v) is 6.94. The Morgan fingerprint density at radius 2 is 2.19 bits per heavy atom. The lowest BCUT2D eigenvalue weighted by Crippen LogP contribution is -2.29. The number of aryl methyl sites for hydroxylation is 1. The first-order chi connectivity index (χ1) is 10.1. The highest BCUT2D eigenvalue weighted by Gasteiger charge is 2.34. The van der Waals surface area contributed by atoms with Gasteiger partial charge in [-0.05, 0) is 44.4 Å². The Morgan fingerprint density at radius 1 is 1.43 bits per heavy atom. The average Bonchev–Trinajstić information content (AvgIpc) is 3.16. The van der Waals surface area contributed by atoms with Crippen molar-refractivity contribution >= 4 is 11.8 Å². The van der Waals surface area contributed by atoms with Gasteiger partial charge in [-0.15, -0.1) is 5.10 Å². The van der Waals surface area contributed by atoms with Crippen molar-refractivity contribution in [3.8, 4) is 0 Å². The molecule has 1 aliphatic carbocycles. The summed E-state index contributed by atoms with van der Waals surface area (Å²) in [5.74, 6) is 0.258. The standard InChI is InChI=1S/C15H17N3O3/c1-9-10(2)16-17-14(13(9)15(19)20)18(11-5-6-11)8-12-4-3-7-21-12/h3-4,7,11H,5-6,8H2,1-2H3,(H,19,20). The molecule has 0 bridgehead atoms. The van der Waals surface area contributed by atoms with Crippen LogP contribution in [-0.2, 0) is 6.54 Å². The number of anilines is 1. The van der Waals surface area contributed by atoms with E-state index >= 15 is 0 Å². The molecule has 1 saturated carbocycles. The van der Waals surface area contributed by atoms with E-state index in [0.717, 1.165) is 18.6 Å². The fraction of sp³-hybridized carbons (Fsp3) is 0.400. The van der Waals surface area contributed by atoms with Gasteiger partial charge in [-0.1, -0.05) is 0 Å². The van der Waals surface area contributed by atoms with Crippen LogP contribution in [0.15, 0.2) is 22.8 Å². The molecule has 2 aromatic rings. The molecule has 0 aliphatic heterocycles. The summed E-state index contributed by atoms with van der Waals surface area (Å²) >= 11 is 0. The second-order valence-corrected chi connectivity index (χ2v) is 5.35. The summed E-state index contributed by atoms with van der Waals surface area (Å²) < 4.78 is 5.38. The number of carboxylic acids is 1. The number of nitrogens with zero attached hydrogens (tertiary/aromatic N) is 3. The number of aromatic carboxylic acids is 1. The van der Waals surface area contributed by atoms with Gasteiger partial charge in [-0.25, -0.2) is 4.79 Å². The third-order valence-corrected chi connectivity index (χ3v) is 3.82. The maximum absolute atomic E-state index is 11.6. The van der Waals surface area contributed by atoms with Gasteiger partial charge in [0.15, 0.2) is 5.82 Å². The monoisotopic (exact) mass is 287 g/mol. The number of carbonyl (C=O) groups is 1. The molecule has 6 nitrogen and oxygen atoms in total. The van der Waals surface area contributed by atoms with Crippen LogP contribution in [0.3, 0.4) is 0 Å². The molecule has 0 aromatic carbocycles. The van der Waals surface area contributed by atoms with E-state index in [1.165, 1.54) is 0 Å². The molecule has 0 radical (unpaired) electrons. The SMILES string of the molecule is Cc1nnc(N(Cc2ccco2)C2CC2)c(C(=O)O)c1C. The summed E-state index contributed by atoms with van der Waals surface area (Å²) in [6, 6.07) is 4.01. The molecule has 1 fully saturated rings. The van der Waals surface area contributed by atoms with Crippen molar-refractivity contribution in [2.45, 2.75) is 39.3 Å². The molecule has 3 rings (SSSR count). The number of carboxylic acid groups (broad SMARTS) is 1. The molecule has 6 heteroatoms. The van der Waals surface area contributed by atoms with E-state index in [-0.39, 0.29) is 5.56 Å². The van der Waals surface area contributed by atoms with Gasteiger partial charge >= 0.3 is 5.97 Å². The molecule has 21 heavy (non-hydrogen) atoms. The van der Waals surface area contributed by atoms with Gasteiger partial charge in [0.2, 0.25) is 0 Å². The molecule has 1 N–H and O–H groups in total. The van der Waals surface area contributed by atoms with Gasteiger partial charge in [-0.3, -0.25) is 0 Å². The number of furan rings is 1. The maximum atomic E-state index is 11.6. The molecule has 0 unspecified atom stereocenters. The quantitative estimate of drug-likeness (QED) is 0.910. The van der Waals surface area contributed by atoms with Crippen LogP contribution in [0.5, 0.6) is 0 Å². The van der Waals surface area contributed by atoms with Crippen LogP contribution in [-0.4, -0.2) is 27.3 Å². The highest BCUT2D eigenvalue weighted by atomic mass is 16.4. The highest BCUT2D eigenvalue weighted by molar-refractivity contribution is 5.95. The summed E-state index contributed by atoms with van der Waals surface area (Å²) in [6.07, 6.45) is 3.69. The van der Waals surface area contributed by atoms with Crippen LogP contribution < -0.4 is 4.90 Å². The average molecular weight is 287 g/mol. The van der Waals surface area contributed by atoms with Gasteiger partial charge < -0.3 is 14.4 Å². The van der Waals surface area contributed by atoms with Crippen LogP contribution in [0.25, 0.3) is 0 Å². The number of hydrogen-bond acceptors (Lipinski definition) is 5. The zero-order valence-electron chi connectivity index (χ0n) is 12.0. The van der Waals surface area contributed by atoms with E-state index in [9.17, 15) is 9.90 Å². The molecule has 2 aromatic heterocycles. The Balaban J connectivity index is 2.03. The zero-order chi connectivity index (χ0) is 15.0. The third kappa shape index (κ3) is 2.61. The van der Waals surface area contributed by atoms with E-state index < -0.39 is 5.97 Å². The molecule has 0 saturated heterocycles. The number of rotatable bonds is 5. The van der Waals surface area contributed by atoms with Crippen molar-refractivity contribution in [3.05, 3.63) is 41.0 Å². The van der Waals surface area contributed by atoms with Gasteiger partial charge in [0.05, 0.1) is 18.5 Å². The largest absolute Gasteiger partial charge is 0.478 e. The lowest BCUT2D eigenvalue weighted by molar-refractivity contribution is 0.0696. The Hall–Kier alpha value is -2.37. The van der Waals surface area contributed by atoms with Gasteiger partial charge in [0, 0.05) is 6.04 Å². The summed E-state index contributed by atoms with van der Waals surface area (Å²) in [6.45, 7) is 4.05. The minimum absolute atomic E-state index is 0.237. The minimum Gasteiger partial charge on any atom is -0.478 e. The first kappa shape index (κ1) is 13.6. The summed E-state index contributed by atoms with van der Waals surface area (Å²) in [4.78, 5) is 13.6. The third-order valence-electron chi connectivity index (χ3n) is 3.82. The molecular weight excluding hydrogens is 270 g/mol. The van der Waals surface area contributed by atoms with E-state index in [4.69, 9.17) is 4.42 Å². The Morgan fingerprint density at radius 3 is 2.76 bits per heavy atom. The predicted molar refractivity (Wildman–Crippen MR) is 76.4 cm³/mol.